The fourth-order valence-electron chi connectivity index (χ4n) is 3.98. The summed E-state index contributed by atoms with van der Waals surface area (Å²) >= 11 is 0. The van der Waals surface area contributed by atoms with E-state index in [-0.39, 0.29) is 17.9 Å². The molecule has 5 N–H and O–H groups in total. The molecule has 0 heterocycles. The summed E-state index contributed by atoms with van der Waals surface area (Å²) in [5, 5.41) is 30.4. The summed E-state index contributed by atoms with van der Waals surface area (Å²) in [7, 11) is 0. The minimum absolute atomic E-state index is 0.119. The zero-order valence-electron chi connectivity index (χ0n) is 24.5. The molecule has 0 aromatic heterocycles. The minimum Gasteiger partial charge on any atom is -0.494 e. The molecule has 0 radical (unpaired) electrons. The smallest absolute Gasteiger partial charge is 0.274 e. The number of carbonyl (C=O) groups is 3. The maximum Gasteiger partial charge on any atom is 0.274 e. The number of aliphatic hydroxyl groups is 3. The van der Waals surface area contributed by atoms with Crippen LogP contribution in [-0.4, -0.2) is 89.2 Å². The van der Waals surface area contributed by atoms with Gasteiger partial charge in [0, 0.05) is 30.6 Å². The van der Waals surface area contributed by atoms with Crippen LogP contribution in [0.5, 0.6) is 5.75 Å². The topological polar surface area (TPSA) is 167 Å². The highest BCUT2D eigenvalue weighted by atomic mass is 16.7. The lowest BCUT2D eigenvalue weighted by atomic mass is 10.0. The number of nitrogens with one attached hydrogen (secondary N) is 2. The molecule has 12 heteroatoms. The number of rotatable bonds is 19. The van der Waals surface area contributed by atoms with Crippen molar-refractivity contribution in [3.8, 4) is 5.75 Å². The Hall–Kier alpha value is -3.55. The molecule has 0 spiro atoms. The second kappa shape index (κ2) is 18.8. The van der Waals surface area contributed by atoms with Crippen molar-refractivity contribution in [1.29, 1.82) is 0 Å². The first-order valence-electron chi connectivity index (χ1n) is 14.1. The molecule has 232 valence electrons. The summed E-state index contributed by atoms with van der Waals surface area (Å²) in [6, 6.07) is 14.0. The second-order valence-corrected chi connectivity index (χ2v) is 9.85. The van der Waals surface area contributed by atoms with Crippen LogP contribution >= 0.6 is 0 Å². The Kier molecular flexibility index (Phi) is 15.5. The van der Waals surface area contributed by atoms with Gasteiger partial charge in [-0.25, -0.2) is 11.0 Å². The molecule has 1 unspecified atom stereocenters. The Labute approximate surface area is 246 Å². The molecule has 2 rings (SSSR count). The van der Waals surface area contributed by atoms with Crippen molar-refractivity contribution in [3.05, 3.63) is 65.2 Å². The number of carbonyl (C=O) groups excluding carboxylic acids is 3. The zero-order chi connectivity index (χ0) is 30.9. The SMILES string of the molecule is CCCN(CCC)C(=O)c1cc(C)cc(C(=O)NOC[C@H](O)[C@H](O)C(O)CONC(=O)CCCOc2ccccc2)c1. The lowest BCUT2D eigenvalue weighted by Crippen LogP contribution is -2.44. The fourth-order valence-corrected chi connectivity index (χ4v) is 3.98. The lowest BCUT2D eigenvalue weighted by Gasteiger charge is -2.23. The summed E-state index contributed by atoms with van der Waals surface area (Å²) < 4.78 is 5.50. The van der Waals surface area contributed by atoms with E-state index in [0.29, 0.717) is 43.0 Å². The largest absolute Gasteiger partial charge is 0.494 e. The molecule has 0 fully saturated rings. The van der Waals surface area contributed by atoms with Gasteiger partial charge in [-0.15, -0.1) is 0 Å². The Morgan fingerprint density at radius 2 is 1.45 bits per heavy atom. The van der Waals surface area contributed by atoms with Crippen molar-refractivity contribution in [1.82, 2.24) is 15.9 Å². The molecule has 0 aliphatic carbocycles. The van der Waals surface area contributed by atoms with Crippen molar-refractivity contribution in [2.24, 2.45) is 0 Å². The monoisotopic (exact) mass is 589 g/mol. The number of nitrogens with zero attached hydrogens (tertiary/aromatic N) is 1. The van der Waals surface area contributed by atoms with Gasteiger partial charge < -0.3 is 25.0 Å². The van der Waals surface area contributed by atoms with Gasteiger partial charge in [-0.05, 0) is 62.1 Å². The van der Waals surface area contributed by atoms with Gasteiger partial charge in [0.25, 0.3) is 11.8 Å². The summed E-state index contributed by atoms with van der Waals surface area (Å²) in [6.45, 7) is 6.26. The third-order valence-electron chi connectivity index (χ3n) is 6.07. The van der Waals surface area contributed by atoms with Gasteiger partial charge in [0.15, 0.2) is 0 Å². The van der Waals surface area contributed by atoms with Crippen LogP contribution in [-0.2, 0) is 14.5 Å². The molecule has 42 heavy (non-hydrogen) atoms. The van der Waals surface area contributed by atoms with Gasteiger partial charge in [0.05, 0.1) is 6.61 Å². The molecule has 0 saturated carbocycles. The zero-order valence-corrected chi connectivity index (χ0v) is 24.5. The predicted molar refractivity (Wildman–Crippen MR) is 154 cm³/mol. The maximum atomic E-state index is 13.0. The molecular weight excluding hydrogens is 546 g/mol. The highest BCUT2D eigenvalue weighted by molar-refractivity contribution is 5.99. The second-order valence-electron chi connectivity index (χ2n) is 9.85. The standard InChI is InChI=1S/C30H43N3O9/c1-4-13-33(14-5-2)30(39)23-17-21(3)16-22(18-23)29(38)32-42-20-26(35)28(37)25(34)19-41-31-27(36)12-9-15-40-24-10-7-6-8-11-24/h6-8,10-11,16-18,25-26,28,34-35,37H,4-5,9,12-15,19-20H2,1-3H3,(H,31,36)(H,32,38)/t25?,26-,28+/m0/s1. The lowest BCUT2D eigenvalue weighted by molar-refractivity contribution is -0.145. The van der Waals surface area contributed by atoms with Crippen molar-refractivity contribution in [3.63, 3.8) is 0 Å². The Morgan fingerprint density at radius 1 is 0.857 bits per heavy atom. The van der Waals surface area contributed by atoms with E-state index in [9.17, 15) is 29.7 Å². The van der Waals surface area contributed by atoms with Crippen LogP contribution in [0.25, 0.3) is 0 Å². The van der Waals surface area contributed by atoms with Crippen molar-refractivity contribution in [2.75, 3.05) is 32.9 Å². The molecule has 0 aliphatic rings. The van der Waals surface area contributed by atoms with Crippen LogP contribution in [0.15, 0.2) is 48.5 Å². The van der Waals surface area contributed by atoms with Gasteiger partial charge in [-0.2, -0.15) is 0 Å². The van der Waals surface area contributed by atoms with E-state index in [1.165, 1.54) is 6.07 Å². The van der Waals surface area contributed by atoms with E-state index in [1.54, 1.807) is 24.0 Å². The first kappa shape index (κ1) is 34.7. The summed E-state index contributed by atoms with van der Waals surface area (Å²) in [4.78, 5) is 49.2. The number of amides is 3. The number of benzene rings is 2. The predicted octanol–water partition coefficient (Wildman–Crippen LogP) is 1.91. The molecule has 0 bridgehead atoms. The van der Waals surface area contributed by atoms with Gasteiger partial charge >= 0.3 is 0 Å². The molecule has 3 atom stereocenters. The fraction of sp³-hybridized carbons (Fsp3) is 0.500. The molecule has 2 aromatic rings. The third kappa shape index (κ3) is 12.1. The van der Waals surface area contributed by atoms with E-state index in [2.05, 4.69) is 11.0 Å². The summed E-state index contributed by atoms with van der Waals surface area (Å²) in [5.41, 5.74) is 5.62. The van der Waals surface area contributed by atoms with Gasteiger partial charge in [-0.1, -0.05) is 32.0 Å². The highest BCUT2D eigenvalue weighted by Crippen LogP contribution is 2.14. The van der Waals surface area contributed by atoms with E-state index >= 15 is 0 Å². The van der Waals surface area contributed by atoms with Gasteiger partial charge in [-0.3, -0.25) is 24.1 Å². The van der Waals surface area contributed by atoms with Gasteiger partial charge in [0.1, 0.15) is 37.3 Å². The number of aliphatic hydroxyl groups excluding tert-OH is 3. The molecule has 2 aromatic carbocycles. The average molecular weight is 590 g/mol. The molecule has 3 amide bonds. The van der Waals surface area contributed by atoms with E-state index < -0.39 is 43.3 Å². The molecule has 12 nitrogen and oxygen atoms in total. The summed E-state index contributed by atoms with van der Waals surface area (Å²) in [6.07, 6.45) is -2.64. The Balaban J connectivity index is 1.71. The highest BCUT2D eigenvalue weighted by Gasteiger charge is 2.26. The quantitative estimate of drug-likeness (QED) is 0.121. The van der Waals surface area contributed by atoms with Crippen LogP contribution in [0.2, 0.25) is 0 Å². The number of aryl methyl sites for hydroxylation is 1. The van der Waals surface area contributed by atoms with Crippen LogP contribution in [0, 0.1) is 6.92 Å². The number of para-hydroxylation sites is 1. The molecular formula is C30H43N3O9. The number of hydrogen-bond donors (Lipinski definition) is 5. The molecule has 0 aliphatic heterocycles. The first-order chi connectivity index (χ1) is 20.2. The summed E-state index contributed by atoms with van der Waals surface area (Å²) in [5.74, 6) is -0.552. The van der Waals surface area contributed by atoms with Gasteiger partial charge in [0.2, 0.25) is 5.91 Å². The van der Waals surface area contributed by atoms with Crippen LogP contribution < -0.4 is 15.7 Å². The third-order valence-corrected chi connectivity index (χ3v) is 6.07. The number of ether oxygens (including phenoxy) is 1. The minimum atomic E-state index is -1.69. The van der Waals surface area contributed by atoms with Crippen molar-refractivity contribution >= 4 is 17.7 Å². The normalized spacial score (nSPS) is 13.1. The van der Waals surface area contributed by atoms with Crippen LogP contribution in [0.1, 0.15) is 65.8 Å². The number of hydrogen-bond acceptors (Lipinski definition) is 9. The maximum absolute atomic E-state index is 13.0. The van der Waals surface area contributed by atoms with Crippen molar-refractivity contribution in [2.45, 2.75) is 64.8 Å². The van der Waals surface area contributed by atoms with E-state index in [1.807, 2.05) is 44.2 Å². The average Bonchev–Trinajstić information content (AvgIpc) is 2.98. The van der Waals surface area contributed by atoms with Crippen LogP contribution in [0.3, 0.4) is 0 Å². The number of hydroxylamine groups is 2. The van der Waals surface area contributed by atoms with E-state index in [4.69, 9.17) is 14.4 Å². The van der Waals surface area contributed by atoms with Crippen LogP contribution in [0.4, 0.5) is 0 Å². The first-order valence-corrected chi connectivity index (χ1v) is 14.1. The van der Waals surface area contributed by atoms with Crippen molar-refractivity contribution < 1.29 is 44.1 Å². The Morgan fingerprint density at radius 3 is 2.07 bits per heavy atom. The van der Waals surface area contributed by atoms with E-state index in [0.717, 1.165) is 12.8 Å². The Bertz CT molecular complexity index is 1110. The molecule has 0 saturated heterocycles.